The van der Waals surface area contributed by atoms with Crippen LogP contribution in [-0.4, -0.2) is 33.9 Å². The Morgan fingerprint density at radius 1 is 0.967 bits per heavy atom. The van der Waals surface area contributed by atoms with E-state index in [-0.39, 0.29) is 5.91 Å². The summed E-state index contributed by atoms with van der Waals surface area (Å²) in [6.45, 7) is 1.01. The smallest absolute Gasteiger partial charge is 0.259 e. The molecule has 3 heterocycles. The molecule has 148 valence electrons. The van der Waals surface area contributed by atoms with Gasteiger partial charge in [0.25, 0.3) is 5.91 Å². The van der Waals surface area contributed by atoms with Crippen LogP contribution >= 0.6 is 0 Å². The van der Waals surface area contributed by atoms with E-state index in [1.54, 1.807) is 41.5 Å². The number of hydrogen-bond acceptors (Lipinski definition) is 5. The van der Waals surface area contributed by atoms with Crippen molar-refractivity contribution in [1.82, 2.24) is 14.8 Å². The number of fused-ring (bicyclic) bond motifs is 1. The van der Waals surface area contributed by atoms with Crippen LogP contribution in [0.15, 0.2) is 79.3 Å². The lowest BCUT2D eigenvalue weighted by molar-refractivity contribution is 0.102. The summed E-state index contributed by atoms with van der Waals surface area (Å²) in [5, 5.41) is 7.59. The van der Waals surface area contributed by atoms with Crippen molar-refractivity contribution in [1.29, 1.82) is 0 Å². The average Bonchev–Trinajstić information content (AvgIpc) is 3.26. The third-order valence-corrected chi connectivity index (χ3v) is 4.71. The number of nitrogens with zero attached hydrogens (tertiary/aromatic N) is 3. The Hall–Kier alpha value is -4.13. The monoisotopic (exact) mass is 398 g/mol. The van der Waals surface area contributed by atoms with Gasteiger partial charge in [0.2, 0.25) is 0 Å². The number of ether oxygens (including phenoxy) is 2. The fourth-order valence-electron chi connectivity index (χ4n) is 3.29. The summed E-state index contributed by atoms with van der Waals surface area (Å²) in [6, 6.07) is 18.7. The van der Waals surface area contributed by atoms with Crippen molar-refractivity contribution in [3.63, 3.8) is 0 Å². The van der Waals surface area contributed by atoms with Gasteiger partial charge in [-0.3, -0.25) is 9.78 Å². The second-order valence-corrected chi connectivity index (χ2v) is 6.73. The zero-order valence-corrected chi connectivity index (χ0v) is 16.0. The highest BCUT2D eigenvalue weighted by Gasteiger charge is 2.20. The lowest BCUT2D eigenvalue weighted by Gasteiger charge is -2.19. The summed E-state index contributed by atoms with van der Waals surface area (Å²) >= 11 is 0. The molecule has 0 unspecified atom stereocenters. The summed E-state index contributed by atoms with van der Waals surface area (Å²) in [6.07, 6.45) is 5.11. The Morgan fingerprint density at radius 2 is 1.80 bits per heavy atom. The van der Waals surface area contributed by atoms with E-state index in [4.69, 9.17) is 9.47 Å². The molecule has 2 aromatic carbocycles. The number of anilines is 1. The molecule has 4 aromatic rings. The number of benzene rings is 2. The molecule has 0 saturated heterocycles. The lowest BCUT2D eigenvalue weighted by atomic mass is 10.1. The topological polar surface area (TPSA) is 78.3 Å². The Balaban J connectivity index is 1.51. The van der Waals surface area contributed by atoms with E-state index in [2.05, 4.69) is 15.4 Å². The molecular weight excluding hydrogens is 380 g/mol. The highest BCUT2D eigenvalue weighted by atomic mass is 16.6. The molecule has 0 fully saturated rings. The Morgan fingerprint density at radius 3 is 2.60 bits per heavy atom. The molecule has 0 saturated carbocycles. The highest BCUT2D eigenvalue weighted by Crippen LogP contribution is 2.33. The van der Waals surface area contributed by atoms with E-state index in [0.29, 0.717) is 41.7 Å². The third-order valence-electron chi connectivity index (χ3n) is 4.71. The molecule has 0 atom stereocenters. The lowest BCUT2D eigenvalue weighted by Crippen LogP contribution is -2.16. The predicted octanol–water partition coefficient (Wildman–Crippen LogP) is 3.96. The molecule has 2 aromatic heterocycles. The van der Waals surface area contributed by atoms with Crippen molar-refractivity contribution in [3.8, 4) is 28.4 Å². The van der Waals surface area contributed by atoms with Crippen molar-refractivity contribution in [2.24, 2.45) is 0 Å². The fourth-order valence-corrected chi connectivity index (χ4v) is 3.29. The second kappa shape index (κ2) is 7.71. The van der Waals surface area contributed by atoms with Gasteiger partial charge in [-0.25, -0.2) is 4.68 Å². The number of nitrogens with one attached hydrogen (secondary N) is 1. The van der Waals surface area contributed by atoms with Crippen LogP contribution in [0.2, 0.25) is 0 Å². The zero-order valence-electron chi connectivity index (χ0n) is 16.0. The van der Waals surface area contributed by atoms with Crippen molar-refractivity contribution in [3.05, 3.63) is 84.8 Å². The molecule has 30 heavy (non-hydrogen) atoms. The molecule has 1 aliphatic heterocycles. The van der Waals surface area contributed by atoms with Gasteiger partial charge in [0.15, 0.2) is 11.5 Å². The standard InChI is InChI=1S/C23H18N4O3/c28-23(25-17-8-9-20-21(13-17)30-12-11-29-20)19-15-27(18-6-2-1-3-7-18)26-22(19)16-5-4-10-24-14-16/h1-10,13-15H,11-12H2,(H,25,28). The number of para-hydroxylation sites is 1. The first kappa shape index (κ1) is 17.9. The molecule has 5 rings (SSSR count). The van der Waals surface area contributed by atoms with Gasteiger partial charge in [0.1, 0.15) is 18.9 Å². The number of rotatable bonds is 4. The van der Waals surface area contributed by atoms with Crippen molar-refractivity contribution in [2.75, 3.05) is 18.5 Å². The van der Waals surface area contributed by atoms with Crippen LogP contribution < -0.4 is 14.8 Å². The molecule has 7 heteroatoms. The number of hydrogen-bond donors (Lipinski definition) is 1. The Bertz CT molecular complexity index is 1190. The summed E-state index contributed by atoms with van der Waals surface area (Å²) in [4.78, 5) is 17.3. The fraction of sp³-hybridized carbons (Fsp3) is 0.0870. The average molecular weight is 398 g/mol. The summed E-state index contributed by atoms with van der Waals surface area (Å²) in [5.74, 6) is 1.02. The molecule has 0 radical (unpaired) electrons. The van der Waals surface area contributed by atoms with Crippen molar-refractivity contribution in [2.45, 2.75) is 0 Å². The molecule has 1 aliphatic rings. The van der Waals surface area contributed by atoms with E-state index < -0.39 is 0 Å². The number of aromatic nitrogens is 3. The van der Waals surface area contributed by atoms with E-state index in [9.17, 15) is 4.79 Å². The van der Waals surface area contributed by atoms with Gasteiger partial charge in [0, 0.05) is 35.9 Å². The van der Waals surface area contributed by atoms with Gasteiger partial charge in [-0.15, -0.1) is 0 Å². The van der Waals surface area contributed by atoms with Crippen LogP contribution in [0.4, 0.5) is 5.69 Å². The van der Waals surface area contributed by atoms with E-state index >= 15 is 0 Å². The first-order chi connectivity index (χ1) is 14.8. The van der Waals surface area contributed by atoms with Crippen molar-refractivity contribution >= 4 is 11.6 Å². The minimum Gasteiger partial charge on any atom is -0.486 e. The van der Waals surface area contributed by atoms with Crippen LogP contribution in [0.3, 0.4) is 0 Å². The molecule has 1 N–H and O–H groups in total. The number of carbonyl (C=O) groups excluding carboxylic acids is 1. The minimum atomic E-state index is -0.271. The number of amides is 1. The molecule has 0 spiro atoms. The van der Waals surface area contributed by atoms with Gasteiger partial charge in [0.05, 0.1) is 11.3 Å². The molecule has 0 aliphatic carbocycles. The quantitative estimate of drug-likeness (QED) is 0.563. The van der Waals surface area contributed by atoms with Gasteiger partial charge < -0.3 is 14.8 Å². The second-order valence-electron chi connectivity index (χ2n) is 6.73. The number of pyridine rings is 1. The van der Waals surface area contributed by atoms with Gasteiger partial charge in [-0.1, -0.05) is 18.2 Å². The van der Waals surface area contributed by atoms with Crippen LogP contribution in [0.25, 0.3) is 16.9 Å². The predicted molar refractivity (Wildman–Crippen MR) is 112 cm³/mol. The van der Waals surface area contributed by atoms with E-state index in [0.717, 1.165) is 11.3 Å². The maximum absolute atomic E-state index is 13.2. The van der Waals surface area contributed by atoms with Crippen LogP contribution in [0.5, 0.6) is 11.5 Å². The molecule has 0 bridgehead atoms. The van der Waals surface area contributed by atoms with Gasteiger partial charge in [-0.05, 0) is 36.4 Å². The Kier molecular flexibility index (Phi) is 4.61. The summed E-state index contributed by atoms with van der Waals surface area (Å²) in [7, 11) is 0. The molecular formula is C23H18N4O3. The maximum Gasteiger partial charge on any atom is 0.259 e. The van der Waals surface area contributed by atoms with Crippen LogP contribution in [0.1, 0.15) is 10.4 Å². The van der Waals surface area contributed by atoms with E-state index in [1.807, 2.05) is 42.5 Å². The number of carbonyl (C=O) groups is 1. The van der Waals surface area contributed by atoms with Crippen LogP contribution in [-0.2, 0) is 0 Å². The largest absolute Gasteiger partial charge is 0.486 e. The molecule has 1 amide bonds. The van der Waals surface area contributed by atoms with E-state index in [1.165, 1.54) is 0 Å². The SMILES string of the molecule is O=C(Nc1ccc2c(c1)OCCO2)c1cn(-c2ccccc2)nc1-c1cccnc1. The van der Waals surface area contributed by atoms with Gasteiger partial charge >= 0.3 is 0 Å². The van der Waals surface area contributed by atoms with Gasteiger partial charge in [-0.2, -0.15) is 5.10 Å². The highest BCUT2D eigenvalue weighted by molar-refractivity contribution is 6.08. The normalized spacial score (nSPS) is 12.4. The summed E-state index contributed by atoms with van der Waals surface area (Å²) < 4.78 is 12.8. The Labute approximate surface area is 172 Å². The minimum absolute atomic E-state index is 0.271. The first-order valence-electron chi connectivity index (χ1n) is 9.54. The summed E-state index contributed by atoms with van der Waals surface area (Å²) in [5.41, 5.74) is 3.25. The third kappa shape index (κ3) is 3.48. The zero-order chi connectivity index (χ0) is 20.3. The maximum atomic E-state index is 13.2. The van der Waals surface area contributed by atoms with Crippen molar-refractivity contribution < 1.29 is 14.3 Å². The first-order valence-corrected chi connectivity index (χ1v) is 9.54. The molecule has 7 nitrogen and oxygen atoms in total. The van der Waals surface area contributed by atoms with Crippen LogP contribution in [0, 0.1) is 0 Å².